The summed E-state index contributed by atoms with van der Waals surface area (Å²) in [7, 11) is 0. The van der Waals surface area contributed by atoms with Crippen molar-refractivity contribution in [2.24, 2.45) is 0 Å². The highest BCUT2D eigenvalue weighted by atomic mass is 79.9. The molecule has 3 N–H and O–H groups in total. The first kappa shape index (κ1) is 21.4. The van der Waals surface area contributed by atoms with Gasteiger partial charge in [-0.3, -0.25) is 25.8 Å². The quantitative estimate of drug-likeness (QED) is 0.444. The maximum absolute atomic E-state index is 12.2. The van der Waals surface area contributed by atoms with Gasteiger partial charge in [0.15, 0.2) is 5.11 Å². The Bertz CT molecular complexity index is 896. The number of rotatable bonds is 4. The van der Waals surface area contributed by atoms with Crippen molar-refractivity contribution in [1.82, 2.24) is 16.2 Å². The number of hydrogen-bond donors (Lipinski definition) is 3. The van der Waals surface area contributed by atoms with Crippen LogP contribution in [0.25, 0.3) is 0 Å². The van der Waals surface area contributed by atoms with E-state index in [0.29, 0.717) is 27.4 Å². The fourth-order valence-corrected chi connectivity index (χ4v) is 3.11. The van der Waals surface area contributed by atoms with Crippen LogP contribution in [0.3, 0.4) is 0 Å². The maximum Gasteiger partial charge on any atom is 0.271 e. The average Bonchev–Trinajstić information content (AvgIpc) is 2.61. The number of hydrazine groups is 1. The number of ether oxygens (including phenoxy) is 1. The van der Waals surface area contributed by atoms with E-state index in [2.05, 4.69) is 32.1 Å². The van der Waals surface area contributed by atoms with Gasteiger partial charge in [0.2, 0.25) is 0 Å². The summed E-state index contributed by atoms with van der Waals surface area (Å²) in [5.74, 6) is -0.353. The summed E-state index contributed by atoms with van der Waals surface area (Å²) < 4.78 is 6.03. The summed E-state index contributed by atoms with van der Waals surface area (Å²) in [6.45, 7) is 2.37. The predicted octanol–water partition coefficient (Wildman–Crippen LogP) is 4.10. The lowest BCUT2D eigenvalue weighted by Crippen LogP contribution is -2.48. The lowest BCUT2D eigenvalue weighted by atomic mass is 10.2. The largest absolute Gasteiger partial charge is 0.493 e. The highest BCUT2D eigenvalue weighted by molar-refractivity contribution is 9.10. The van der Waals surface area contributed by atoms with Crippen molar-refractivity contribution in [3.05, 3.63) is 62.0 Å². The molecule has 27 heavy (non-hydrogen) atoms. The Balaban J connectivity index is 1.92. The van der Waals surface area contributed by atoms with Crippen molar-refractivity contribution < 1.29 is 14.3 Å². The first-order chi connectivity index (χ1) is 12.8. The Labute approximate surface area is 179 Å². The molecular weight excluding hydrogens is 477 g/mol. The minimum Gasteiger partial charge on any atom is -0.493 e. The maximum atomic E-state index is 12.2. The van der Waals surface area contributed by atoms with Crippen LogP contribution in [0.2, 0.25) is 10.0 Å². The molecule has 142 valence electrons. The van der Waals surface area contributed by atoms with Crippen molar-refractivity contribution >= 4 is 68.3 Å². The third-order valence-corrected chi connectivity index (χ3v) is 4.56. The summed E-state index contributed by atoms with van der Waals surface area (Å²) in [6.07, 6.45) is 0. The number of carbonyl (C=O) groups is 2. The highest BCUT2D eigenvalue weighted by Gasteiger charge is 2.13. The van der Waals surface area contributed by atoms with Gasteiger partial charge < -0.3 is 4.74 Å². The Hall–Kier alpha value is -1.87. The Morgan fingerprint density at radius 1 is 1.11 bits per heavy atom. The number of halogens is 3. The van der Waals surface area contributed by atoms with Crippen LogP contribution in [0.4, 0.5) is 0 Å². The smallest absolute Gasteiger partial charge is 0.271 e. The molecule has 2 amide bonds. The molecule has 0 aliphatic heterocycles. The third kappa shape index (κ3) is 6.07. The summed E-state index contributed by atoms with van der Waals surface area (Å²) in [4.78, 5) is 24.3. The van der Waals surface area contributed by atoms with Gasteiger partial charge in [-0.2, -0.15) is 0 Å². The van der Waals surface area contributed by atoms with E-state index in [1.54, 1.807) is 18.2 Å². The molecule has 0 saturated carbocycles. The molecule has 2 aromatic rings. The molecule has 10 heteroatoms. The van der Waals surface area contributed by atoms with E-state index < -0.39 is 11.8 Å². The SMILES string of the molecule is CCOc1ccc(C(=O)NC(=S)NNC(=O)c2ccc(Cl)cc2Cl)cc1Br. The monoisotopic (exact) mass is 489 g/mol. The zero-order chi connectivity index (χ0) is 20.0. The van der Waals surface area contributed by atoms with Crippen molar-refractivity contribution in [2.45, 2.75) is 6.92 Å². The summed E-state index contributed by atoms with van der Waals surface area (Å²) in [5.41, 5.74) is 5.36. The van der Waals surface area contributed by atoms with Crippen molar-refractivity contribution in [2.75, 3.05) is 6.61 Å². The van der Waals surface area contributed by atoms with Crippen LogP contribution in [-0.2, 0) is 0 Å². The summed E-state index contributed by atoms with van der Waals surface area (Å²) in [6, 6.07) is 9.33. The van der Waals surface area contributed by atoms with Gasteiger partial charge in [0.1, 0.15) is 5.75 Å². The van der Waals surface area contributed by atoms with E-state index in [9.17, 15) is 9.59 Å². The van der Waals surface area contributed by atoms with Gasteiger partial charge in [-0.15, -0.1) is 0 Å². The molecule has 0 bridgehead atoms. The van der Waals surface area contributed by atoms with E-state index >= 15 is 0 Å². The van der Waals surface area contributed by atoms with Crippen molar-refractivity contribution in [3.8, 4) is 5.75 Å². The minimum atomic E-state index is -0.530. The minimum absolute atomic E-state index is 0.0801. The molecule has 0 spiro atoms. The summed E-state index contributed by atoms with van der Waals surface area (Å²) >= 11 is 20.1. The number of nitrogens with one attached hydrogen (secondary N) is 3. The standard InChI is InChI=1S/C17H14BrCl2N3O3S/c1-2-26-14-6-3-9(7-12(14)18)15(24)21-17(27)23-22-16(25)11-5-4-10(19)8-13(11)20/h3-8H,2H2,1H3,(H,22,25)(H2,21,23,24,27). The molecule has 0 aliphatic carbocycles. The second kappa shape index (κ2) is 9.89. The van der Waals surface area contributed by atoms with Gasteiger partial charge in [-0.1, -0.05) is 23.2 Å². The first-order valence-corrected chi connectivity index (χ1v) is 9.56. The summed E-state index contributed by atoms with van der Waals surface area (Å²) in [5, 5.41) is 2.98. The van der Waals surface area contributed by atoms with Gasteiger partial charge in [0.05, 0.1) is 21.7 Å². The molecule has 2 aromatic carbocycles. The van der Waals surface area contributed by atoms with E-state index in [1.165, 1.54) is 18.2 Å². The number of thiocarbonyl (C=S) groups is 1. The molecular formula is C17H14BrCl2N3O3S. The fraction of sp³-hybridized carbons (Fsp3) is 0.118. The van der Waals surface area contributed by atoms with Gasteiger partial charge >= 0.3 is 0 Å². The van der Waals surface area contributed by atoms with Gasteiger partial charge in [-0.25, -0.2) is 0 Å². The van der Waals surface area contributed by atoms with Crippen molar-refractivity contribution in [1.29, 1.82) is 0 Å². The molecule has 0 radical (unpaired) electrons. The van der Waals surface area contributed by atoms with Crippen LogP contribution >= 0.6 is 51.3 Å². The first-order valence-electron chi connectivity index (χ1n) is 7.61. The lowest BCUT2D eigenvalue weighted by molar-refractivity contribution is 0.0934. The predicted molar refractivity (Wildman–Crippen MR) is 112 cm³/mol. The molecule has 0 atom stereocenters. The molecule has 0 unspecified atom stereocenters. The van der Waals surface area contributed by atoms with Gasteiger partial charge in [-0.05, 0) is 71.5 Å². The molecule has 2 rings (SSSR count). The zero-order valence-corrected chi connectivity index (χ0v) is 17.9. The molecule has 0 aliphatic rings. The number of hydrogen-bond acceptors (Lipinski definition) is 4. The Morgan fingerprint density at radius 3 is 2.48 bits per heavy atom. The van der Waals surface area contributed by atoms with Crippen LogP contribution < -0.4 is 20.9 Å². The molecule has 0 fully saturated rings. The van der Waals surface area contributed by atoms with E-state index in [-0.39, 0.29) is 15.7 Å². The normalized spacial score (nSPS) is 10.1. The Kier molecular flexibility index (Phi) is 7.85. The van der Waals surface area contributed by atoms with Crippen LogP contribution in [0.1, 0.15) is 27.6 Å². The van der Waals surface area contributed by atoms with Gasteiger partial charge in [0.25, 0.3) is 11.8 Å². The van der Waals surface area contributed by atoms with E-state index in [0.717, 1.165) is 0 Å². The molecule has 6 nitrogen and oxygen atoms in total. The van der Waals surface area contributed by atoms with Crippen LogP contribution in [0.5, 0.6) is 5.75 Å². The van der Waals surface area contributed by atoms with Crippen LogP contribution in [0, 0.1) is 0 Å². The number of benzene rings is 2. The fourth-order valence-electron chi connectivity index (χ4n) is 1.98. The average molecular weight is 491 g/mol. The number of carbonyl (C=O) groups excluding carboxylic acids is 2. The highest BCUT2D eigenvalue weighted by Crippen LogP contribution is 2.26. The Morgan fingerprint density at radius 2 is 1.85 bits per heavy atom. The van der Waals surface area contributed by atoms with Crippen LogP contribution in [0.15, 0.2) is 40.9 Å². The molecule has 0 aromatic heterocycles. The van der Waals surface area contributed by atoms with E-state index in [1.807, 2.05) is 6.92 Å². The zero-order valence-electron chi connectivity index (χ0n) is 13.9. The number of amides is 2. The van der Waals surface area contributed by atoms with Crippen LogP contribution in [-0.4, -0.2) is 23.5 Å². The van der Waals surface area contributed by atoms with Crippen molar-refractivity contribution in [3.63, 3.8) is 0 Å². The molecule has 0 saturated heterocycles. The van der Waals surface area contributed by atoms with E-state index in [4.69, 9.17) is 40.2 Å². The second-order valence-corrected chi connectivity index (χ2v) is 7.17. The molecule has 0 heterocycles. The topological polar surface area (TPSA) is 79.5 Å². The second-order valence-electron chi connectivity index (χ2n) is 5.06. The third-order valence-electron chi connectivity index (χ3n) is 3.19. The van der Waals surface area contributed by atoms with Gasteiger partial charge in [0, 0.05) is 10.6 Å². The lowest BCUT2D eigenvalue weighted by Gasteiger charge is -2.12.